The van der Waals surface area contributed by atoms with Crippen LogP contribution in [0.1, 0.15) is 11.6 Å². The predicted molar refractivity (Wildman–Crippen MR) is 100 cm³/mol. The van der Waals surface area contributed by atoms with Crippen LogP contribution in [0, 0.1) is 5.82 Å². The molecule has 2 aromatic heterocycles. The molecule has 2 aromatic carbocycles. The fourth-order valence-electron chi connectivity index (χ4n) is 2.83. The van der Waals surface area contributed by atoms with Crippen molar-refractivity contribution in [1.82, 2.24) is 25.0 Å². The Morgan fingerprint density at radius 3 is 2.59 bits per heavy atom. The zero-order chi connectivity index (χ0) is 18.5. The van der Waals surface area contributed by atoms with Crippen LogP contribution in [-0.4, -0.2) is 25.0 Å². The SMILES string of the molecule is Fc1ccccc1-c1cnnc(NC(Cn2cccn2)c2ccccc2)n1. The van der Waals surface area contributed by atoms with Gasteiger partial charge in [0.1, 0.15) is 5.82 Å². The molecule has 0 aliphatic rings. The van der Waals surface area contributed by atoms with E-state index in [2.05, 4.69) is 25.6 Å². The molecular formula is C20H17FN6. The van der Waals surface area contributed by atoms with Gasteiger partial charge >= 0.3 is 0 Å². The summed E-state index contributed by atoms with van der Waals surface area (Å²) < 4.78 is 15.9. The molecular weight excluding hydrogens is 343 g/mol. The number of hydrogen-bond donors (Lipinski definition) is 1. The Balaban J connectivity index is 1.63. The van der Waals surface area contributed by atoms with E-state index >= 15 is 0 Å². The van der Waals surface area contributed by atoms with Gasteiger partial charge in [0.15, 0.2) is 0 Å². The standard InChI is InChI=1S/C20H17FN6/c21-17-10-5-4-9-16(17)18-13-22-26-20(24-18)25-19(14-27-12-6-11-23-27)15-7-2-1-3-8-15/h1-13,19H,14H2,(H,24,25,26). The summed E-state index contributed by atoms with van der Waals surface area (Å²) in [6.45, 7) is 0.588. The first-order valence-corrected chi connectivity index (χ1v) is 8.53. The molecule has 0 aliphatic heterocycles. The Morgan fingerprint density at radius 2 is 1.81 bits per heavy atom. The fraction of sp³-hybridized carbons (Fsp3) is 0.100. The largest absolute Gasteiger partial charge is 0.344 e. The van der Waals surface area contributed by atoms with Crippen LogP contribution in [0.2, 0.25) is 0 Å². The van der Waals surface area contributed by atoms with Crippen molar-refractivity contribution in [3.8, 4) is 11.3 Å². The third-order valence-electron chi connectivity index (χ3n) is 4.14. The van der Waals surface area contributed by atoms with E-state index in [9.17, 15) is 4.39 Å². The number of halogens is 1. The van der Waals surface area contributed by atoms with Gasteiger partial charge in [-0.15, -0.1) is 5.10 Å². The summed E-state index contributed by atoms with van der Waals surface area (Å²) in [5.41, 5.74) is 1.88. The number of rotatable bonds is 6. The van der Waals surface area contributed by atoms with E-state index in [4.69, 9.17) is 0 Å². The van der Waals surface area contributed by atoms with Gasteiger partial charge in [-0.3, -0.25) is 4.68 Å². The summed E-state index contributed by atoms with van der Waals surface area (Å²) in [7, 11) is 0. The molecule has 134 valence electrons. The molecule has 4 aromatic rings. The molecule has 0 aliphatic carbocycles. The summed E-state index contributed by atoms with van der Waals surface area (Å²) >= 11 is 0. The van der Waals surface area contributed by atoms with Crippen molar-refractivity contribution in [3.05, 3.63) is 90.6 Å². The average molecular weight is 360 g/mol. The Kier molecular flexibility index (Phi) is 4.82. The minimum Gasteiger partial charge on any atom is -0.344 e. The maximum absolute atomic E-state index is 14.1. The van der Waals surface area contributed by atoms with Crippen LogP contribution >= 0.6 is 0 Å². The van der Waals surface area contributed by atoms with Crippen molar-refractivity contribution in [3.63, 3.8) is 0 Å². The molecule has 0 spiro atoms. The third kappa shape index (κ3) is 3.98. The highest BCUT2D eigenvalue weighted by Gasteiger charge is 2.15. The van der Waals surface area contributed by atoms with E-state index < -0.39 is 0 Å². The molecule has 0 saturated carbocycles. The maximum Gasteiger partial charge on any atom is 0.243 e. The molecule has 0 fully saturated rings. The molecule has 2 heterocycles. The Bertz CT molecular complexity index is 1000. The van der Waals surface area contributed by atoms with E-state index in [1.54, 1.807) is 24.4 Å². The zero-order valence-corrected chi connectivity index (χ0v) is 14.4. The smallest absolute Gasteiger partial charge is 0.243 e. The van der Waals surface area contributed by atoms with Crippen LogP contribution in [0.4, 0.5) is 10.3 Å². The molecule has 0 amide bonds. The van der Waals surface area contributed by atoms with Crippen LogP contribution in [0.3, 0.4) is 0 Å². The van der Waals surface area contributed by atoms with Crippen LogP contribution in [0.25, 0.3) is 11.3 Å². The van der Waals surface area contributed by atoms with Crippen molar-refractivity contribution in [1.29, 1.82) is 0 Å². The number of benzene rings is 2. The van der Waals surface area contributed by atoms with Crippen molar-refractivity contribution >= 4 is 5.95 Å². The Morgan fingerprint density at radius 1 is 1.00 bits per heavy atom. The van der Waals surface area contributed by atoms with Gasteiger partial charge in [-0.05, 0) is 23.8 Å². The van der Waals surface area contributed by atoms with Gasteiger partial charge in [-0.2, -0.15) is 10.2 Å². The topological polar surface area (TPSA) is 68.5 Å². The minimum absolute atomic E-state index is 0.122. The van der Waals surface area contributed by atoms with E-state index in [1.807, 2.05) is 47.3 Å². The zero-order valence-electron chi connectivity index (χ0n) is 14.4. The molecule has 4 rings (SSSR count). The number of anilines is 1. The first kappa shape index (κ1) is 16.8. The molecule has 27 heavy (non-hydrogen) atoms. The first-order valence-electron chi connectivity index (χ1n) is 8.53. The van der Waals surface area contributed by atoms with Crippen molar-refractivity contribution in [2.24, 2.45) is 0 Å². The monoisotopic (exact) mass is 360 g/mol. The van der Waals surface area contributed by atoms with Gasteiger partial charge in [0.25, 0.3) is 0 Å². The molecule has 6 nitrogen and oxygen atoms in total. The predicted octanol–water partition coefficient (Wildman–Crippen LogP) is 3.73. The van der Waals surface area contributed by atoms with Gasteiger partial charge in [0.05, 0.1) is 24.5 Å². The van der Waals surface area contributed by atoms with Gasteiger partial charge in [0.2, 0.25) is 5.95 Å². The quantitative estimate of drug-likeness (QED) is 0.567. The molecule has 7 heteroatoms. The lowest BCUT2D eigenvalue weighted by Gasteiger charge is -2.19. The van der Waals surface area contributed by atoms with Gasteiger partial charge < -0.3 is 5.32 Å². The summed E-state index contributed by atoms with van der Waals surface area (Å²) in [4.78, 5) is 4.44. The molecule has 0 radical (unpaired) electrons. The molecule has 0 bridgehead atoms. The molecule has 1 atom stereocenters. The van der Waals surface area contributed by atoms with Gasteiger partial charge in [-0.1, -0.05) is 42.5 Å². The van der Waals surface area contributed by atoms with Crippen LogP contribution < -0.4 is 5.32 Å². The van der Waals surface area contributed by atoms with Gasteiger partial charge in [0, 0.05) is 18.0 Å². The average Bonchev–Trinajstić information content (AvgIpc) is 3.22. The maximum atomic E-state index is 14.1. The van der Waals surface area contributed by atoms with Gasteiger partial charge in [-0.25, -0.2) is 9.37 Å². The normalized spacial score (nSPS) is 11.9. The molecule has 1 N–H and O–H groups in total. The third-order valence-corrected chi connectivity index (χ3v) is 4.14. The lowest BCUT2D eigenvalue weighted by atomic mass is 10.1. The van der Waals surface area contributed by atoms with E-state index in [1.165, 1.54) is 12.3 Å². The van der Waals surface area contributed by atoms with E-state index in [-0.39, 0.29) is 11.9 Å². The first-order chi connectivity index (χ1) is 13.3. The minimum atomic E-state index is -0.347. The lowest BCUT2D eigenvalue weighted by Crippen LogP contribution is -2.19. The summed E-state index contributed by atoms with van der Waals surface area (Å²) in [6.07, 6.45) is 5.08. The fourth-order valence-corrected chi connectivity index (χ4v) is 2.83. The summed E-state index contributed by atoms with van der Waals surface area (Å²) in [5, 5.41) is 15.6. The van der Waals surface area contributed by atoms with Crippen LogP contribution in [0.15, 0.2) is 79.3 Å². The Hall–Kier alpha value is -3.61. The molecule has 1 unspecified atom stereocenters. The van der Waals surface area contributed by atoms with Crippen molar-refractivity contribution in [2.45, 2.75) is 12.6 Å². The number of nitrogens with zero attached hydrogens (tertiary/aromatic N) is 5. The summed E-state index contributed by atoms with van der Waals surface area (Å²) in [6, 6.07) is 18.2. The second kappa shape index (κ2) is 7.74. The second-order valence-corrected chi connectivity index (χ2v) is 5.98. The Labute approximate surface area is 155 Å². The van der Waals surface area contributed by atoms with Crippen molar-refractivity contribution in [2.75, 3.05) is 5.32 Å². The molecule has 0 saturated heterocycles. The van der Waals surface area contributed by atoms with Crippen molar-refractivity contribution < 1.29 is 4.39 Å². The lowest BCUT2D eigenvalue weighted by molar-refractivity contribution is 0.548. The summed E-state index contributed by atoms with van der Waals surface area (Å²) in [5.74, 6) is -0.0168. The number of hydrogen-bond acceptors (Lipinski definition) is 5. The number of aromatic nitrogens is 5. The number of nitrogens with one attached hydrogen (secondary N) is 1. The highest BCUT2D eigenvalue weighted by atomic mass is 19.1. The highest BCUT2D eigenvalue weighted by molar-refractivity contribution is 5.59. The highest BCUT2D eigenvalue weighted by Crippen LogP contribution is 2.23. The van der Waals surface area contributed by atoms with E-state index in [0.717, 1.165) is 5.56 Å². The van der Waals surface area contributed by atoms with Crippen LogP contribution in [0.5, 0.6) is 0 Å². The second-order valence-electron chi connectivity index (χ2n) is 5.98. The van der Waals surface area contributed by atoms with E-state index in [0.29, 0.717) is 23.8 Å². The van der Waals surface area contributed by atoms with Crippen LogP contribution in [-0.2, 0) is 6.54 Å².